The zero-order chi connectivity index (χ0) is 23.2. The molecule has 8 heteroatoms. The van der Waals surface area contributed by atoms with E-state index in [4.69, 9.17) is 4.74 Å². The smallest absolute Gasteiger partial charge is 0.224 e. The van der Waals surface area contributed by atoms with Crippen molar-refractivity contribution in [3.05, 3.63) is 78.0 Å². The maximum absolute atomic E-state index is 13.4. The van der Waals surface area contributed by atoms with Crippen LogP contribution in [0.15, 0.2) is 60.9 Å². The van der Waals surface area contributed by atoms with Crippen molar-refractivity contribution in [3.8, 4) is 0 Å². The molecular weight excluding hydrogens is 421 g/mol. The van der Waals surface area contributed by atoms with Gasteiger partial charge in [0.25, 0.3) is 0 Å². The van der Waals surface area contributed by atoms with E-state index >= 15 is 0 Å². The maximum atomic E-state index is 13.4. The Morgan fingerprint density at radius 3 is 2.88 bits per heavy atom. The van der Waals surface area contributed by atoms with Crippen LogP contribution in [-0.2, 0) is 9.53 Å². The molecule has 7 nitrogen and oxygen atoms in total. The number of halogens is 1. The normalized spacial score (nSPS) is 15.8. The molecule has 1 N–H and O–H groups in total. The fourth-order valence-electron chi connectivity index (χ4n) is 3.74. The molecule has 0 aliphatic carbocycles. The van der Waals surface area contributed by atoms with E-state index in [0.717, 1.165) is 28.5 Å². The highest BCUT2D eigenvalue weighted by molar-refractivity contribution is 5.77. The SMILES string of the molecule is Cc1cccnc1Nc1ccc([C@H]2CN(C(=O)CCN(C)c3cccc(F)c3)CCO2)nc1. The molecule has 1 saturated heterocycles. The fourth-order valence-corrected chi connectivity index (χ4v) is 3.74. The van der Waals surface area contributed by atoms with Crippen molar-refractivity contribution >= 4 is 23.1 Å². The first-order valence-corrected chi connectivity index (χ1v) is 11.0. The monoisotopic (exact) mass is 449 g/mol. The lowest BCUT2D eigenvalue weighted by molar-refractivity contribution is -0.138. The largest absolute Gasteiger partial charge is 0.374 e. The molecule has 33 heavy (non-hydrogen) atoms. The lowest BCUT2D eigenvalue weighted by atomic mass is 10.1. The van der Waals surface area contributed by atoms with Gasteiger partial charge >= 0.3 is 0 Å². The number of hydrogen-bond donors (Lipinski definition) is 1. The number of hydrogen-bond acceptors (Lipinski definition) is 6. The molecule has 0 unspecified atom stereocenters. The van der Waals surface area contributed by atoms with E-state index in [1.165, 1.54) is 12.1 Å². The van der Waals surface area contributed by atoms with Gasteiger partial charge in [0.05, 0.1) is 30.7 Å². The molecule has 2 aromatic heterocycles. The van der Waals surface area contributed by atoms with E-state index in [9.17, 15) is 9.18 Å². The van der Waals surface area contributed by atoms with Crippen LogP contribution in [0.1, 0.15) is 23.8 Å². The summed E-state index contributed by atoms with van der Waals surface area (Å²) in [6.45, 7) is 3.98. The van der Waals surface area contributed by atoms with Crippen molar-refractivity contribution in [3.63, 3.8) is 0 Å². The molecule has 0 saturated carbocycles. The van der Waals surface area contributed by atoms with E-state index in [-0.39, 0.29) is 17.8 Å². The molecule has 1 amide bonds. The number of nitrogens with zero attached hydrogens (tertiary/aromatic N) is 4. The number of anilines is 3. The van der Waals surface area contributed by atoms with Crippen LogP contribution in [0.3, 0.4) is 0 Å². The number of amides is 1. The number of benzene rings is 1. The van der Waals surface area contributed by atoms with E-state index in [0.29, 0.717) is 32.7 Å². The molecule has 3 heterocycles. The van der Waals surface area contributed by atoms with Crippen LogP contribution in [0.2, 0.25) is 0 Å². The molecule has 0 bridgehead atoms. The Hall–Kier alpha value is -3.52. The van der Waals surface area contributed by atoms with Gasteiger partial charge in [-0.1, -0.05) is 12.1 Å². The summed E-state index contributed by atoms with van der Waals surface area (Å²) in [6, 6.07) is 14.1. The first-order chi connectivity index (χ1) is 16.0. The number of aromatic nitrogens is 2. The number of nitrogens with one attached hydrogen (secondary N) is 1. The van der Waals surface area contributed by atoms with Crippen LogP contribution >= 0.6 is 0 Å². The van der Waals surface area contributed by atoms with Gasteiger partial charge in [0, 0.05) is 38.4 Å². The Morgan fingerprint density at radius 2 is 2.12 bits per heavy atom. The van der Waals surface area contributed by atoms with Crippen LogP contribution < -0.4 is 10.2 Å². The molecule has 0 spiro atoms. The third-order valence-electron chi connectivity index (χ3n) is 5.72. The molecule has 1 atom stereocenters. The molecule has 1 aliphatic heterocycles. The van der Waals surface area contributed by atoms with Crippen molar-refractivity contribution in [2.24, 2.45) is 0 Å². The molecule has 1 aromatic carbocycles. The Kier molecular flexibility index (Phi) is 7.14. The Labute approximate surface area is 193 Å². The highest BCUT2D eigenvalue weighted by atomic mass is 19.1. The first kappa shape index (κ1) is 22.7. The quantitative estimate of drug-likeness (QED) is 0.586. The molecule has 0 radical (unpaired) electrons. The number of aryl methyl sites for hydroxylation is 1. The minimum absolute atomic E-state index is 0.0514. The maximum Gasteiger partial charge on any atom is 0.224 e. The summed E-state index contributed by atoms with van der Waals surface area (Å²) in [4.78, 5) is 25.4. The molecule has 4 rings (SSSR count). The summed E-state index contributed by atoms with van der Waals surface area (Å²) in [7, 11) is 1.86. The lowest BCUT2D eigenvalue weighted by Crippen LogP contribution is -2.43. The molecule has 3 aromatic rings. The third-order valence-corrected chi connectivity index (χ3v) is 5.72. The van der Waals surface area contributed by atoms with Crippen LogP contribution in [0.4, 0.5) is 21.6 Å². The zero-order valence-electron chi connectivity index (χ0n) is 18.9. The van der Waals surface area contributed by atoms with Gasteiger partial charge in [-0.3, -0.25) is 9.78 Å². The summed E-state index contributed by atoms with van der Waals surface area (Å²) in [5.41, 5.74) is 3.42. The standard InChI is InChI=1S/C25H28FN5O2/c1-18-5-4-11-27-25(18)29-20-8-9-22(28-16-20)23-17-31(13-14-33-23)24(32)10-12-30(2)21-7-3-6-19(26)15-21/h3-9,11,15-16,23H,10,12-14,17H2,1-2H3,(H,27,29)/t23-/m1/s1. The lowest BCUT2D eigenvalue weighted by Gasteiger charge is -2.33. The van der Waals surface area contributed by atoms with Gasteiger partial charge in [0.1, 0.15) is 17.7 Å². The van der Waals surface area contributed by atoms with E-state index < -0.39 is 0 Å². The number of rotatable bonds is 7. The molecule has 1 fully saturated rings. The van der Waals surface area contributed by atoms with E-state index in [1.54, 1.807) is 18.5 Å². The summed E-state index contributed by atoms with van der Waals surface area (Å²) < 4.78 is 19.3. The topological polar surface area (TPSA) is 70.6 Å². The average molecular weight is 450 g/mol. The van der Waals surface area contributed by atoms with Crippen molar-refractivity contribution < 1.29 is 13.9 Å². The summed E-state index contributed by atoms with van der Waals surface area (Å²) in [5.74, 6) is 0.557. The van der Waals surface area contributed by atoms with Crippen LogP contribution in [0.25, 0.3) is 0 Å². The Balaban J connectivity index is 1.32. The average Bonchev–Trinajstić information content (AvgIpc) is 2.84. The predicted molar refractivity (Wildman–Crippen MR) is 126 cm³/mol. The second-order valence-corrected chi connectivity index (χ2v) is 8.12. The van der Waals surface area contributed by atoms with Crippen molar-refractivity contribution in [2.45, 2.75) is 19.4 Å². The number of carbonyl (C=O) groups excluding carboxylic acids is 1. The van der Waals surface area contributed by atoms with Gasteiger partial charge < -0.3 is 19.9 Å². The summed E-state index contributed by atoms with van der Waals surface area (Å²) >= 11 is 0. The van der Waals surface area contributed by atoms with Gasteiger partial charge in [-0.05, 0) is 48.9 Å². The summed E-state index contributed by atoms with van der Waals surface area (Å²) in [6.07, 6.45) is 3.57. The Bertz CT molecular complexity index is 1090. The Morgan fingerprint density at radius 1 is 1.24 bits per heavy atom. The fraction of sp³-hybridized carbons (Fsp3) is 0.320. The van der Waals surface area contributed by atoms with Gasteiger partial charge in [-0.15, -0.1) is 0 Å². The number of pyridine rings is 2. The highest BCUT2D eigenvalue weighted by Gasteiger charge is 2.26. The van der Waals surface area contributed by atoms with Gasteiger partial charge in [-0.2, -0.15) is 0 Å². The van der Waals surface area contributed by atoms with Gasteiger partial charge in [-0.25, -0.2) is 9.37 Å². The third kappa shape index (κ3) is 5.84. The van der Waals surface area contributed by atoms with Gasteiger partial charge in [0.2, 0.25) is 5.91 Å². The first-order valence-electron chi connectivity index (χ1n) is 11.0. The predicted octanol–water partition coefficient (Wildman–Crippen LogP) is 4.09. The number of morpholine rings is 1. The van der Waals surface area contributed by atoms with E-state index in [2.05, 4.69) is 15.3 Å². The van der Waals surface area contributed by atoms with Crippen molar-refractivity contribution in [2.75, 3.05) is 43.5 Å². The molecular formula is C25H28FN5O2. The zero-order valence-corrected chi connectivity index (χ0v) is 18.9. The number of ether oxygens (including phenoxy) is 1. The highest BCUT2D eigenvalue weighted by Crippen LogP contribution is 2.24. The minimum atomic E-state index is -0.286. The molecule has 1 aliphatic rings. The molecule has 172 valence electrons. The van der Waals surface area contributed by atoms with Crippen molar-refractivity contribution in [1.82, 2.24) is 14.9 Å². The van der Waals surface area contributed by atoms with Crippen molar-refractivity contribution in [1.29, 1.82) is 0 Å². The minimum Gasteiger partial charge on any atom is -0.374 e. The van der Waals surface area contributed by atoms with Gasteiger partial charge in [0.15, 0.2) is 0 Å². The summed E-state index contributed by atoms with van der Waals surface area (Å²) in [5, 5.41) is 3.27. The second kappa shape index (κ2) is 10.4. The van der Waals surface area contributed by atoms with Crippen LogP contribution in [0.5, 0.6) is 0 Å². The van der Waals surface area contributed by atoms with Crippen LogP contribution in [-0.4, -0.2) is 54.1 Å². The van der Waals surface area contributed by atoms with Crippen LogP contribution in [0, 0.1) is 12.7 Å². The van der Waals surface area contributed by atoms with E-state index in [1.807, 2.05) is 54.1 Å². The second-order valence-electron chi connectivity index (χ2n) is 8.12. The number of carbonyl (C=O) groups is 1.